The molecule has 2 aromatic carbocycles. The van der Waals surface area contributed by atoms with Gasteiger partial charge in [-0.1, -0.05) is 22.8 Å². The lowest BCUT2D eigenvalue weighted by Crippen LogP contribution is -2.40. The van der Waals surface area contributed by atoms with Gasteiger partial charge in [-0.2, -0.15) is 14.8 Å². The van der Waals surface area contributed by atoms with Crippen LogP contribution in [0.15, 0.2) is 56.6 Å². The van der Waals surface area contributed by atoms with Crippen molar-refractivity contribution in [2.45, 2.75) is 26.7 Å². The normalized spacial score (nSPS) is 10.9. The first-order valence-electron chi connectivity index (χ1n) is 10.4. The largest absolute Gasteiger partial charge is 0.351 e. The fraction of sp³-hybridized carbons (Fsp3) is 0.217. The molecule has 0 radical (unpaired) electrons. The van der Waals surface area contributed by atoms with E-state index in [-0.39, 0.29) is 36.2 Å². The lowest BCUT2D eigenvalue weighted by Gasteiger charge is -2.07. The highest BCUT2D eigenvalue weighted by atomic mass is 35.5. The van der Waals surface area contributed by atoms with Gasteiger partial charge in [0.25, 0.3) is 5.56 Å². The molecule has 174 valence electrons. The maximum Gasteiger partial charge on any atom is 0.351 e. The number of anilines is 1. The summed E-state index contributed by atoms with van der Waals surface area (Å²) in [5.41, 5.74) is 1.75. The van der Waals surface area contributed by atoms with E-state index in [0.717, 1.165) is 20.4 Å². The number of benzene rings is 2. The van der Waals surface area contributed by atoms with Crippen LogP contribution in [-0.2, 0) is 18.3 Å². The molecular formula is C23H21ClN6O4. The Balaban J connectivity index is 1.53. The number of nitrogens with zero attached hydrogens (tertiary/aromatic N) is 5. The van der Waals surface area contributed by atoms with Gasteiger partial charge in [0.2, 0.25) is 17.6 Å². The molecule has 2 heterocycles. The number of carbonyl (C=O) groups is 1. The van der Waals surface area contributed by atoms with Crippen LogP contribution >= 0.6 is 11.6 Å². The highest BCUT2D eigenvalue weighted by Gasteiger charge is 2.19. The maximum atomic E-state index is 12.6. The minimum absolute atomic E-state index is 0.0759. The summed E-state index contributed by atoms with van der Waals surface area (Å²) in [7, 11) is 1.33. The summed E-state index contributed by atoms with van der Waals surface area (Å²) in [5.74, 6) is -0.123. The monoisotopic (exact) mass is 480 g/mol. The molecule has 4 aromatic rings. The van der Waals surface area contributed by atoms with E-state index in [0.29, 0.717) is 16.4 Å². The topological polar surface area (TPSA) is 125 Å². The summed E-state index contributed by atoms with van der Waals surface area (Å²) in [6.45, 7) is 3.91. The van der Waals surface area contributed by atoms with E-state index in [1.54, 1.807) is 24.3 Å². The van der Waals surface area contributed by atoms with Crippen LogP contribution in [0.2, 0.25) is 5.02 Å². The molecule has 2 aromatic heterocycles. The van der Waals surface area contributed by atoms with Crippen LogP contribution in [0, 0.1) is 13.8 Å². The van der Waals surface area contributed by atoms with Crippen molar-refractivity contribution in [3.05, 3.63) is 85.3 Å². The Morgan fingerprint density at radius 3 is 2.44 bits per heavy atom. The van der Waals surface area contributed by atoms with Crippen LogP contribution in [0.4, 0.5) is 5.69 Å². The summed E-state index contributed by atoms with van der Waals surface area (Å²) < 4.78 is 7.17. The highest BCUT2D eigenvalue weighted by Crippen LogP contribution is 2.16. The van der Waals surface area contributed by atoms with E-state index >= 15 is 0 Å². The van der Waals surface area contributed by atoms with Crippen molar-refractivity contribution in [2.24, 2.45) is 7.05 Å². The number of hydrogen-bond acceptors (Lipinski definition) is 7. The van der Waals surface area contributed by atoms with Gasteiger partial charge in [-0.25, -0.2) is 4.79 Å². The zero-order chi connectivity index (χ0) is 24.4. The SMILES string of the molecule is Cc1cc(C)cc(NC(=O)CCc2nc(-c3nn(-c4ccc(Cl)cc4)c(=O)n(C)c3=O)no2)c1. The van der Waals surface area contributed by atoms with Crippen LogP contribution in [0.3, 0.4) is 0 Å². The van der Waals surface area contributed by atoms with Crippen LogP contribution in [0.25, 0.3) is 17.2 Å². The second kappa shape index (κ2) is 9.44. The van der Waals surface area contributed by atoms with Gasteiger partial charge in [0, 0.05) is 30.6 Å². The van der Waals surface area contributed by atoms with E-state index < -0.39 is 11.2 Å². The van der Waals surface area contributed by atoms with Crippen molar-refractivity contribution in [1.29, 1.82) is 0 Å². The van der Waals surface area contributed by atoms with Gasteiger partial charge in [0.05, 0.1) is 5.69 Å². The maximum absolute atomic E-state index is 12.6. The van der Waals surface area contributed by atoms with Crippen molar-refractivity contribution in [1.82, 2.24) is 24.5 Å². The summed E-state index contributed by atoms with van der Waals surface area (Å²) >= 11 is 5.91. The fourth-order valence-electron chi connectivity index (χ4n) is 3.41. The molecular weight excluding hydrogens is 460 g/mol. The molecule has 0 bridgehead atoms. The summed E-state index contributed by atoms with van der Waals surface area (Å²) in [6.07, 6.45) is 0.269. The second-order valence-electron chi connectivity index (χ2n) is 7.82. The molecule has 11 heteroatoms. The highest BCUT2D eigenvalue weighted by molar-refractivity contribution is 6.30. The van der Waals surface area contributed by atoms with Gasteiger partial charge in [-0.15, -0.1) is 0 Å². The van der Waals surface area contributed by atoms with Crippen LogP contribution in [0.5, 0.6) is 0 Å². The zero-order valence-corrected chi connectivity index (χ0v) is 19.5. The van der Waals surface area contributed by atoms with E-state index in [4.69, 9.17) is 16.1 Å². The Labute approximate surface area is 198 Å². The first-order valence-corrected chi connectivity index (χ1v) is 10.8. The minimum Gasteiger partial charge on any atom is -0.339 e. The van der Waals surface area contributed by atoms with Crippen LogP contribution in [-0.4, -0.2) is 30.4 Å². The number of aryl methyl sites for hydroxylation is 3. The van der Waals surface area contributed by atoms with Crippen molar-refractivity contribution < 1.29 is 9.32 Å². The van der Waals surface area contributed by atoms with Gasteiger partial charge in [0.15, 0.2) is 5.69 Å². The summed E-state index contributed by atoms with van der Waals surface area (Å²) in [4.78, 5) is 41.7. The quantitative estimate of drug-likeness (QED) is 0.449. The average Bonchev–Trinajstić information content (AvgIpc) is 3.25. The lowest BCUT2D eigenvalue weighted by atomic mass is 10.1. The molecule has 1 N–H and O–H groups in total. The molecule has 0 saturated heterocycles. The number of amides is 1. The third kappa shape index (κ3) is 4.96. The summed E-state index contributed by atoms with van der Waals surface area (Å²) in [6, 6.07) is 12.2. The second-order valence-corrected chi connectivity index (χ2v) is 8.26. The molecule has 4 rings (SSSR count). The molecule has 0 atom stereocenters. The molecule has 10 nitrogen and oxygen atoms in total. The smallest absolute Gasteiger partial charge is 0.339 e. The molecule has 0 saturated carbocycles. The molecule has 0 unspecified atom stereocenters. The van der Waals surface area contributed by atoms with Gasteiger partial charge in [0.1, 0.15) is 0 Å². The van der Waals surface area contributed by atoms with Gasteiger partial charge < -0.3 is 9.84 Å². The van der Waals surface area contributed by atoms with Crippen LogP contribution in [0.1, 0.15) is 23.4 Å². The molecule has 0 aliphatic heterocycles. The average molecular weight is 481 g/mol. The molecule has 34 heavy (non-hydrogen) atoms. The van der Waals surface area contributed by atoms with Crippen molar-refractivity contribution in [3.63, 3.8) is 0 Å². The molecule has 0 aliphatic rings. The first-order chi connectivity index (χ1) is 16.2. The van der Waals surface area contributed by atoms with E-state index in [9.17, 15) is 14.4 Å². The predicted octanol–water partition coefficient (Wildman–Crippen LogP) is 2.82. The zero-order valence-electron chi connectivity index (χ0n) is 18.7. The number of nitrogens with one attached hydrogen (secondary N) is 1. The Hall–Kier alpha value is -4.05. The van der Waals surface area contributed by atoms with Crippen molar-refractivity contribution in [2.75, 3.05) is 5.32 Å². The number of carbonyl (C=O) groups excluding carboxylic acids is 1. The third-order valence-corrected chi connectivity index (χ3v) is 5.25. The minimum atomic E-state index is -0.671. The molecule has 1 amide bonds. The molecule has 0 fully saturated rings. The molecule has 0 spiro atoms. The third-order valence-electron chi connectivity index (χ3n) is 5.00. The van der Waals surface area contributed by atoms with Crippen molar-refractivity contribution >= 4 is 23.2 Å². The van der Waals surface area contributed by atoms with Gasteiger partial charge in [-0.3, -0.25) is 14.2 Å². The Morgan fingerprint density at radius 1 is 1.09 bits per heavy atom. The number of halogens is 1. The number of aromatic nitrogens is 5. The Morgan fingerprint density at radius 2 is 1.76 bits per heavy atom. The predicted molar refractivity (Wildman–Crippen MR) is 126 cm³/mol. The van der Waals surface area contributed by atoms with E-state index in [1.807, 2.05) is 32.0 Å². The van der Waals surface area contributed by atoms with Crippen molar-refractivity contribution in [3.8, 4) is 17.2 Å². The summed E-state index contributed by atoms with van der Waals surface area (Å²) in [5, 5.41) is 11.3. The lowest BCUT2D eigenvalue weighted by molar-refractivity contribution is -0.116. The van der Waals surface area contributed by atoms with Crippen LogP contribution < -0.4 is 16.6 Å². The Bertz CT molecular complexity index is 1470. The van der Waals surface area contributed by atoms with E-state index in [1.165, 1.54) is 7.05 Å². The number of rotatable bonds is 6. The van der Waals surface area contributed by atoms with Gasteiger partial charge in [-0.05, 0) is 61.4 Å². The standard InChI is InChI=1S/C23H21ClN6O4/c1-13-10-14(2)12-16(11-13)25-18(31)8-9-19-26-21(28-34-19)20-22(32)29(3)23(33)30(27-20)17-6-4-15(24)5-7-17/h4-7,10-12H,8-9H2,1-3H3,(H,25,31). The first kappa shape index (κ1) is 23.1. The van der Waals surface area contributed by atoms with E-state index in [2.05, 4.69) is 20.6 Å². The molecule has 0 aliphatic carbocycles. The number of hydrogen-bond donors (Lipinski definition) is 1. The van der Waals surface area contributed by atoms with Gasteiger partial charge >= 0.3 is 5.69 Å². The Kier molecular flexibility index (Phi) is 6.42. The fourth-order valence-corrected chi connectivity index (χ4v) is 3.53.